The van der Waals surface area contributed by atoms with Crippen molar-refractivity contribution in [3.8, 4) is 5.75 Å². The van der Waals surface area contributed by atoms with Crippen molar-refractivity contribution in [3.63, 3.8) is 0 Å². The Kier molecular flexibility index (Phi) is 4.92. The number of hydrogen-bond donors (Lipinski definition) is 1. The SMILES string of the molecule is COc1ccc(Cl)cc1Nc1ccc(C(=O)N2c3ccccc3CC2C)cn1. The lowest BCUT2D eigenvalue weighted by molar-refractivity contribution is 0.0981. The molecule has 1 amide bonds. The molecule has 2 aromatic carbocycles. The third-order valence-corrected chi connectivity index (χ3v) is 5.10. The summed E-state index contributed by atoms with van der Waals surface area (Å²) < 4.78 is 5.34. The number of amides is 1. The summed E-state index contributed by atoms with van der Waals surface area (Å²) in [5.74, 6) is 1.22. The third-order valence-electron chi connectivity index (χ3n) is 4.86. The highest BCUT2D eigenvalue weighted by atomic mass is 35.5. The van der Waals surface area contributed by atoms with Crippen molar-refractivity contribution >= 4 is 34.7 Å². The number of methoxy groups -OCH3 is 1. The van der Waals surface area contributed by atoms with Crippen molar-refractivity contribution < 1.29 is 9.53 Å². The van der Waals surface area contributed by atoms with E-state index in [-0.39, 0.29) is 11.9 Å². The molecule has 0 spiro atoms. The van der Waals surface area contributed by atoms with Gasteiger partial charge in [0.25, 0.3) is 5.91 Å². The summed E-state index contributed by atoms with van der Waals surface area (Å²) in [7, 11) is 1.60. The number of carbonyl (C=O) groups excluding carboxylic acids is 1. The molecule has 142 valence electrons. The molecule has 3 aromatic rings. The number of carbonyl (C=O) groups is 1. The maximum atomic E-state index is 13.1. The minimum absolute atomic E-state index is 0.0446. The lowest BCUT2D eigenvalue weighted by Crippen LogP contribution is -2.35. The fraction of sp³-hybridized carbons (Fsp3) is 0.182. The predicted molar refractivity (Wildman–Crippen MR) is 112 cm³/mol. The van der Waals surface area contributed by atoms with Crippen LogP contribution in [0.2, 0.25) is 5.02 Å². The number of aromatic nitrogens is 1. The van der Waals surface area contributed by atoms with Gasteiger partial charge in [-0.25, -0.2) is 4.98 Å². The zero-order valence-corrected chi connectivity index (χ0v) is 16.4. The quantitative estimate of drug-likeness (QED) is 0.671. The molecule has 0 bridgehead atoms. The molecule has 4 rings (SSSR count). The summed E-state index contributed by atoms with van der Waals surface area (Å²) in [4.78, 5) is 19.3. The Bertz CT molecular complexity index is 1020. The summed E-state index contributed by atoms with van der Waals surface area (Å²) >= 11 is 6.07. The molecule has 1 atom stereocenters. The monoisotopic (exact) mass is 393 g/mol. The first-order valence-electron chi connectivity index (χ1n) is 9.05. The van der Waals surface area contributed by atoms with Crippen molar-refractivity contribution in [2.75, 3.05) is 17.3 Å². The number of anilines is 3. The molecule has 1 aliphatic heterocycles. The van der Waals surface area contributed by atoms with E-state index < -0.39 is 0 Å². The first-order chi connectivity index (χ1) is 13.6. The van der Waals surface area contributed by atoms with Gasteiger partial charge in [-0.2, -0.15) is 0 Å². The van der Waals surface area contributed by atoms with Gasteiger partial charge in [0.05, 0.1) is 18.4 Å². The molecule has 0 saturated carbocycles. The standard InChI is InChI=1S/C22H20ClN3O2/c1-14-11-15-5-3-4-6-19(15)26(14)22(27)16-7-10-21(24-13-16)25-18-12-17(23)8-9-20(18)28-2/h3-10,12-14H,11H2,1-2H3,(H,24,25). The molecule has 0 aliphatic carbocycles. The fourth-order valence-corrected chi connectivity index (χ4v) is 3.70. The van der Waals surface area contributed by atoms with Crippen molar-refractivity contribution in [3.05, 3.63) is 76.9 Å². The second-order valence-corrected chi connectivity index (χ2v) is 7.20. The van der Waals surface area contributed by atoms with Crippen LogP contribution in [-0.4, -0.2) is 24.0 Å². The van der Waals surface area contributed by atoms with Gasteiger partial charge in [-0.05, 0) is 55.3 Å². The Labute approximate surface area is 168 Å². The predicted octanol–water partition coefficient (Wildman–Crippen LogP) is 5.08. The van der Waals surface area contributed by atoms with Crippen LogP contribution in [0.4, 0.5) is 17.2 Å². The smallest absolute Gasteiger partial charge is 0.260 e. The number of pyridine rings is 1. The number of ether oxygens (including phenoxy) is 1. The topological polar surface area (TPSA) is 54.5 Å². The Balaban J connectivity index is 1.56. The number of fused-ring (bicyclic) bond motifs is 1. The van der Waals surface area contributed by atoms with Crippen LogP contribution in [0.1, 0.15) is 22.8 Å². The van der Waals surface area contributed by atoms with Gasteiger partial charge >= 0.3 is 0 Å². The van der Waals surface area contributed by atoms with Crippen LogP contribution < -0.4 is 15.0 Å². The molecule has 1 unspecified atom stereocenters. The number of nitrogens with one attached hydrogen (secondary N) is 1. The van der Waals surface area contributed by atoms with Gasteiger partial charge in [-0.3, -0.25) is 4.79 Å². The van der Waals surface area contributed by atoms with Gasteiger partial charge in [0.2, 0.25) is 0 Å². The van der Waals surface area contributed by atoms with Crippen LogP contribution in [0.15, 0.2) is 60.8 Å². The van der Waals surface area contributed by atoms with Gasteiger partial charge in [0, 0.05) is 22.9 Å². The number of halogens is 1. The van der Waals surface area contributed by atoms with Crippen LogP contribution in [0, 0.1) is 0 Å². The summed E-state index contributed by atoms with van der Waals surface area (Å²) in [6.45, 7) is 2.06. The average Bonchev–Trinajstić information content (AvgIpc) is 3.04. The van der Waals surface area contributed by atoms with Crippen LogP contribution in [0.5, 0.6) is 5.75 Å². The maximum absolute atomic E-state index is 13.1. The molecular weight excluding hydrogens is 374 g/mol. The molecule has 0 fully saturated rings. The van der Waals surface area contributed by atoms with Crippen LogP contribution >= 0.6 is 11.6 Å². The lowest BCUT2D eigenvalue weighted by Gasteiger charge is -2.22. The van der Waals surface area contributed by atoms with Gasteiger partial charge < -0.3 is 15.0 Å². The van der Waals surface area contributed by atoms with E-state index in [2.05, 4.69) is 23.3 Å². The molecule has 1 N–H and O–H groups in total. The van der Waals surface area contributed by atoms with Crippen LogP contribution in [-0.2, 0) is 6.42 Å². The summed E-state index contributed by atoms with van der Waals surface area (Å²) in [5.41, 5.74) is 3.43. The first kappa shape index (κ1) is 18.3. The Morgan fingerprint density at radius 3 is 2.79 bits per heavy atom. The zero-order valence-electron chi connectivity index (χ0n) is 15.6. The minimum atomic E-state index is -0.0446. The van der Waals surface area contributed by atoms with Crippen molar-refractivity contribution in [1.29, 1.82) is 0 Å². The second-order valence-electron chi connectivity index (χ2n) is 6.76. The van der Waals surface area contributed by atoms with E-state index in [1.165, 1.54) is 5.56 Å². The summed E-state index contributed by atoms with van der Waals surface area (Å²) in [5, 5.41) is 3.77. The van der Waals surface area contributed by atoms with Crippen molar-refractivity contribution in [2.45, 2.75) is 19.4 Å². The maximum Gasteiger partial charge on any atom is 0.260 e. The van der Waals surface area contributed by atoms with E-state index in [1.807, 2.05) is 23.1 Å². The fourth-order valence-electron chi connectivity index (χ4n) is 3.52. The summed E-state index contributed by atoms with van der Waals surface area (Å²) in [6, 6.07) is 17.0. The van der Waals surface area contributed by atoms with E-state index in [9.17, 15) is 4.79 Å². The normalized spacial score (nSPS) is 15.2. The van der Waals surface area contributed by atoms with E-state index in [0.717, 1.165) is 12.1 Å². The number of hydrogen-bond acceptors (Lipinski definition) is 4. The number of rotatable bonds is 4. The molecule has 5 nitrogen and oxygen atoms in total. The molecule has 0 saturated heterocycles. The van der Waals surface area contributed by atoms with Crippen LogP contribution in [0.25, 0.3) is 0 Å². The van der Waals surface area contributed by atoms with Gasteiger partial charge in [0.1, 0.15) is 11.6 Å². The highest BCUT2D eigenvalue weighted by Gasteiger charge is 2.31. The van der Waals surface area contributed by atoms with E-state index in [0.29, 0.717) is 27.8 Å². The molecular formula is C22H20ClN3O2. The second kappa shape index (κ2) is 7.52. The molecule has 0 radical (unpaired) electrons. The molecule has 6 heteroatoms. The molecule has 1 aromatic heterocycles. The number of para-hydroxylation sites is 1. The van der Waals surface area contributed by atoms with Gasteiger partial charge in [-0.1, -0.05) is 29.8 Å². The number of nitrogens with zero attached hydrogens (tertiary/aromatic N) is 2. The largest absolute Gasteiger partial charge is 0.495 e. The van der Waals surface area contributed by atoms with E-state index >= 15 is 0 Å². The molecule has 2 heterocycles. The average molecular weight is 394 g/mol. The molecule has 1 aliphatic rings. The zero-order chi connectivity index (χ0) is 19.7. The third kappa shape index (κ3) is 3.41. The highest BCUT2D eigenvalue weighted by Crippen LogP contribution is 2.33. The van der Waals surface area contributed by atoms with Crippen molar-refractivity contribution in [1.82, 2.24) is 4.98 Å². The molecule has 28 heavy (non-hydrogen) atoms. The summed E-state index contributed by atoms with van der Waals surface area (Å²) in [6.07, 6.45) is 2.46. The Morgan fingerprint density at radius 2 is 2.04 bits per heavy atom. The lowest BCUT2D eigenvalue weighted by atomic mass is 10.1. The minimum Gasteiger partial charge on any atom is -0.495 e. The van der Waals surface area contributed by atoms with Crippen molar-refractivity contribution in [2.24, 2.45) is 0 Å². The van der Waals surface area contributed by atoms with E-state index in [4.69, 9.17) is 16.3 Å². The van der Waals surface area contributed by atoms with E-state index in [1.54, 1.807) is 43.6 Å². The van der Waals surface area contributed by atoms with Gasteiger partial charge in [0.15, 0.2) is 0 Å². The highest BCUT2D eigenvalue weighted by molar-refractivity contribution is 6.31. The van der Waals surface area contributed by atoms with Crippen LogP contribution in [0.3, 0.4) is 0 Å². The van der Waals surface area contributed by atoms with Gasteiger partial charge in [-0.15, -0.1) is 0 Å². The Hall–Kier alpha value is -3.05. The number of benzene rings is 2. The Morgan fingerprint density at radius 1 is 1.21 bits per heavy atom. The first-order valence-corrected chi connectivity index (χ1v) is 9.42.